The second-order valence-corrected chi connectivity index (χ2v) is 9.33. The van der Waals surface area contributed by atoms with E-state index >= 15 is 0 Å². The Hall–Kier alpha value is -3.75. The number of hydrogen-bond donors (Lipinski definition) is 1. The predicted octanol–water partition coefficient (Wildman–Crippen LogP) is 5.59. The Balaban J connectivity index is 1.45. The minimum Gasteiger partial charge on any atom is -0.482 e. The number of halogens is 1. The lowest BCUT2D eigenvalue weighted by atomic mass is 10.1. The van der Waals surface area contributed by atoms with Gasteiger partial charge in [-0.1, -0.05) is 23.7 Å². The molecule has 1 atom stereocenters. The van der Waals surface area contributed by atoms with E-state index in [0.717, 1.165) is 27.5 Å². The summed E-state index contributed by atoms with van der Waals surface area (Å²) in [6, 6.07) is 15.7. The summed E-state index contributed by atoms with van der Waals surface area (Å²) in [7, 11) is 0. The van der Waals surface area contributed by atoms with Gasteiger partial charge in [0.15, 0.2) is 6.61 Å². The molecule has 0 saturated heterocycles. The zero-order valence-corrected chi connectivity index (χ0v) is 20.6. The van der Waals surface area contributed by atoms with Crippen LogP contribution in [-0.4, -0.2) is 34.4 Å². The van der Waals surface area contributed by atoms with E-state index in [1.54, 1.807) is 37.4 Å². The number of aromatic nitrogens is 2. The van der Waals surface area contributed by atoms with Crippen LogP contribution in [0.15, 0.2) is 66.2 Å². The van der Waals surface area contributed by atoms with E-state index in [9.17, 15) is 9.59 Å². The van der Waals surface area contributed by atoms with Crippen LogP contribution >= 0.6 is 22.9 Å². The van der Waals surface area contributed by atoms with E-state index in [1.165, 1.54) is 16.2 Å². The molecule has 0 radical (unpaired) electrons. The van der Waals surface area contributed by atoms with Crippen LogP contribution in [0.25, 0.3) is 22.0 Å². The fourth-order valence-corrected chi connectivity index (χ4v) is 4.84. The van der Waals surface area contributed by atoms with Gasteiger partial charge in [0.1, 0.15) is 16.8 Å². The molecule has 7 nitrogen and oxygen atoms in total. The number of amides is 2. The second-order valence-electron chi connectivity index (χ2n) is 8.07. The highest BCUT2D eigenvalue weighted by molar-refractivity contribution is 7.13. The molecule has 0 spiro atoms. The average molecular weight is 505 g/mol. The first-order valence-electron chi connectivity index (χ1n) is 10.9. The molecule has 2 aromatic carbocycles. The van der Waals surface area contributed by atoms with Gasteiger partial charge in [0.2, 0.25) is 5.91 Å². The molecule has 2 amide bonds. The van der Waals surface area contributed by atoms with Crippen molar-refractivity contribution in [2.45, 2.75) is 19.9 Å². The molecule has 1 aliphatic heterocycles. The normalized spacial score (nSPS) is 13.7. The number of carbonyl (C=O) groups is 2. The second kappa shape index (κ2) is 9.48. The summed E-state index contributed by atoms with van der Waals surface area (Å²) in [5, 5.41) is 6.19. The van der Waals surface area contributed by atoms with Gasteiger partial charge in [-0.2, -0.15) is 0 Å². The summed E-state index contributed by atoms with van der Waals surface area (Å²) in [5.74, 6) is -0.0900. The molecule has 2 aromatic heterocycles. The fourth-order valence-electron chi connectivity index (χ4n) is 3.87. The van der Waals surface area contributed by atoms with Gasteiger partial charge in [-0.15, -0.1) is 11.3 Å². The number of anilines is 2. The number of carbonyl (C=O) groups excluding carboxylic acids is 2. The number of nitrogens with one attached hydrogen (secondary N) is 1. The number of nitrogens with zero attached hydrogens (tertiary/aromatic N) is 3. The molecule has 1 N–H and O–H groups in total. The maximum Gasteiger partial charge on any atom is 0.265 e. The highest BCUT2D eigenvalue weighted by atomic mass is 35.5. The van der Waals surface area contributed by atoms with Gasteiger partial charge in [-0.3, -0.25) is 19.5 Å². The van der Waals surface area contributed by atoms with Crippen molar-refractivity contribution >= 4 is 46.1 Å². The summed E-state index contributed by atoms with van der Waals surface area (Å²) in [5.41, 5.74) is 4.25. The average Bonchev–Trinajstić information content (AvgIpc) is 3.37. The van der Waals surface area contributed by atoms with Crippen LogP contribution in [0.4, 0.5) is 11.4 Å². The number of pyridine rings is 1. The van der Waals surface area contributed by atoms with Crippen molar-refractivity contribution in [2.75, 3.05) is 16.8 Å². The van der Waals surface area contributed by atoms with Crippen LogP contribution in [-0.2, 0) is 9.59 Å². The topological polar surface area (TPSA) is 84.4 Å². The molecule has 0 fully saturated rings. The zero-order chi connectivity index (χ0) is 24.5. The van der Waals surface area contributed by atoms with Crippen LogP contribution in [0, 0.1) is 6.92 Å². The third-order valence-electron chi connectivity index (χ3n) is 5.81. The summed E-state index contributed by atoms with van der Waals surface area (Å²) in [4.78, 5) is 36.6. The summed E-state index contributed by atoms with van der Waals surface area (Å²) in [6.45, 7) is 3.38. The maximum atomic E-state index is 13.1. The Morgan fingerprint density at radius 2 is 2.03 bits per heavy atom. The van der Waals surface area contributed by atoms with E-state index in [0.29, 0.717) is 22.1 Å². The van der Waals surface area contributed by atoms with Crippen LogP contribution in [0.3, 0.4) is 0 Å². The maximum absolute atomic E-state index is 13.1. The van der Waals surface area contributed by atoms with Crippen LogP contribution < -0.4 is 15.0 Å². The number of rotatable bonds is 5. The predicted molar refractivity (Wildman–Crippen MR) is 138 cm³/mol. The number of thiazole rings is 1. The van der Waals surface area contributed by atoms with Crippen LogP contribution in [0.2, 0.25) is 5.02 Å². The van der Waals surface area contributed by atoms with Crippen molar-refractivity contribution in [2.24, 2.45) is 0 Å². The monoisotopic (exact) mass is 504 g/mol. The molecule has 9 heteroatoms. The molecule has 1 unspecified atom stereocenters. The lowest BCUT2D eigenvalue weighted by Crippen LogP contribution is -2.49. The van der Waals surface area contributed by atoms with Crippen LogP contribution in [0.5, 0.6) is 5.75 Å². The number of benzene rings is 2. The minimum absolute atomic E-state index is 0.138. The van der Waals surface area contributed by atoms with Crippen molar-refractivity contribution in [3.05, 3.63) is 76.8 Å². The molecule has 0 bridgehead atoms. The first-order valence-corrected chi connectivity index (χ1v) is 12.2. The summed E-state index contributed by atoms with van der Waals surface area (Å²) in [6.07, 6.45) is 1.73. The smallest absolute Gasteiger partial charge is 0.265 e. The molecule has 176 valence electrons. The lowest BCUT2D eigenvalue weighted by molar-refractivity contribution is -0.125. The Morgan fingerprint density at radius 1 is 1.17 bits per heavy atom. The SMILES string of the molecule is Cc1c(Cl)cccc1NC(=O)C(C)N1C(=O)COc2ccc(-c3csc(-c4ccccn4)n3)cc21. The van der Waals surface area contributed by atoms with E-state index in [-0.39, 0.29) is 18.4 Å². The third-order valence-corrected chi connectivity index (χ3v) is 7.09. The molecule has 35 heavy (non-hydrogen) atoms. The largest absolute Gasteiger partial charge is 0.482 e. The molecule has 5 rings (SSSR count). The Bertz CT molecular complexity index is 1420. The standard InChI is InChI=1S/C26H21ClN4O3S/c1-15-18(27)6-5-8-19(15)29-25(33)16(2)31-22-12-17(9-10-23(22)34-13-24(31)32)21-14-35-26(30-21)20-7-3-4-11-28-20/h3-12,14,16H,13H2,1-2H3,(H,29,33). The first kappa shape index (κ1) is 23.0. The zero-order valence-electron chi connectivity index (χ0n) is 19.0. The third kappa shape index (κ3) is 4.50. The number of ether oxygens (including phenoxy) is 1. The van der Waals surface area contributed by atoms with Crippen molar-refractivity contribution in [1.29, 1.82) is 0 Å². The van der Waals surface area contributed by atoms with Gasteiger partial charge in [0, 0.05) is 27.9 Å². The minimum atomic E-state index is -0.779. The molecule has 4 aromatic rings. The summed E-state index contributed by atoms with van der Waals surface area (Å²) < 4.78 is 5.65. The molecular formula is C26H21ClN4O3S. The van der Waals surface area contributed by atoms with E-state index in [4.69, 9.17) is 21.3 Å². The van der Waals surface area contributed by atoms with Gasteiger partial charge in [0.25, 0.3) is 5.91 Å². The Morgan fingerprint density at radius 3 is 2.83 bits per heavy atom. The van der Waals surface area contributed by atoms with Gasteiger partial charge >= 0.3 is 0 Å². The molecule has 3 heterocycles. The number of hydrogen-bond acceptors (Lipinski definition) is 6. The van der Waals surface area contributed by atoms with E-state index < -0.39 is 6.04 Å². The van der Waals surface area contributed by atoms with E-state index in [1.807, 2.05) is 42.6 Å². The van der Waals surface area contributed by atoms with Gasteiger partial charge < -0.3 is 10.1 Å². The highest BCUT2D eigenvalue weighted by Gasteiger charge is 2.33. The Labute approximate surface area is 211 Å². The molecular weight excluding hydrogens is 484 g/mol. The quantitative estimate of drug-likeness (QED) is 0.383. The highest BCUT2D eigenvalue weighted by Crippen LogP contribution is 2.38. The van der Waals surface area contributed by atoms with Crippen molar-refractivity contribution in [1.82, 2.24) is 9.97 Å². The van der Waals surface area contributed by atoms with Gasteiger partial charge in [-0.25, -0.2) is 4.98 Å². The molecule has 0 saturated carbocycles. The molecule has 0 aliphatic carbocycles. The number of fused-ring (bicyclic) bond motifs is 1. The van der Waals surface area contributed by atoms with Gasteiger partial charge in [-0.05, 0) is 61.9 Å². The van der Waals surface area contributed by atoms with Crippen molar-refractivity contribution in [3.63, 3.8) is 0 Å². The van der Waals surface area contributed by atoms with Crippen molar-refractivity contribution < 1.29 is 14.3 Å². The van der Waals surface area contributed by atoms with Gasteiger partial charge in [0.05, 0.1) is 17.1 Å². The first-order chi connectivity index (χ1) is 16.9. The fraction of sp³-hybridized carbons (Fsp3) is 0.154. The molecule has 1 aliphatic rings. The summed E-state index contributed by atoms with van der Waals surface area (Å²) >= 11 is 7.68. The van der Waals surface area contributed by atoms with Crippen molar-refractivity contribution in [3.8, 4) is 27.7 Å². The lowest BCUT2D eigenvalue weighted by Gasteiger charge is -2.33. The van der Waals surface area contributed by atoms with Crippen LogP contribution in [0.1, 0.15) is 12.5 Å². The van der Waals surface area contributed by atoms with E-state index in [2.05, 4.69) is 10.3 Å². The Kier molecular flexibility index (Phi) is 6.23.